The summed E-state index contributed by atoms with van der Waals surface area (Å²) in [6, 6.07) is 10.4. The molecule has 3 heterocycles. The van der Waals surface area contributed by atoms with Gasteiger partial charge in [0, 0.05) is 5.02 Å². The van der Waals surface area contributed by atoms with Crippen molar-refractivity contribution >= 4 is 22.9 Å². The van der Waals surface area contributed by atoms with Crippen molar-refractivity contribution in [3.63, 3.8) is 0 Å². The van der Waals surface area contributed by atoms with Gasteiger partial charge in [-0.1, -0.05) is 23.7 Å². The van der Waals surface area contributed by atoms with E-state index in [-0.39, 0.29) is 11.8 Å². The Labute approximate surface area is 139 Å². The van der Waals surface area contributed by atoms with E-state index in [1.807, 2.05) is 12.1 Å². The lowest BCUT2D eigenvalue weighted by molar-refractivity contribution is -0.0413. The lowest BCUT2D eigenvalue weighted by atomic mass is 9.83. The maximum absolute atomic E-state index is 6.22. The number of nitrogens with one attached hydrogen (secondary N) is 1. The normalized spacial score (nSPS) is 25.9. The summed E-state index contributed by atoms with van der Waals surface area (Å²) in [6.07, 6.45) is 2.04. The maximum atomic E-state index is 6.22. The monoisotopic (exact) mass is 335 g/mol. The minimum atomic E-state index is -0.198. The maximum Gasteiger partial charge on any atom is 0.193 e. The molecular formula is C17H18ClNO2S. The number of ether oxygens (including phenoxy) is 2. The van der Waals surface area contributed by atoms with Crippen molar-refractivity contribution in [3.05, 3.63) is 56.7 Å². The third-order valence-corrected chi connectivity index (χ3v) is 5.63. The number of hydrogen-bond acceptors (Lipinski definition) is 4. The molecule has 0 aliphatic carbocycles. The van der Waals surface area contributed by atoms with Crippen LogP contribution in [0.15, 0.2) is 35.7 Å². The smallest absolute Gasteiger partial charge is 0.193 e. The molecule has 0 spiro atoms. The molecule has 1 N–H and O–H groups in total. The third kappa shape index (κ3) is 2.49. The van der Waals surface area contributed by atoms with Gasteiger partial charge in [0.05, 0.1) is 23.6 Å². The van der Waals surface area contributed by atoms with Gasteiger partial charge in [-0.2, -0.15) is 0 Å². The molecule has 2 fully saturated rings. The summed E-state index contributed by atoms with van der Waals surface area (Å²) in [6.45, 7) is 2.37. The largest absolute Gasteiger partial charge is 0.345 e. The van der Waals surface area contributed by atoms with Crippen molar-refractivity contribution in [1.29, 1.82) is 0 Å². The van der Waals surface area contributed by atoms with E-state index in [1.165, 1.54) is 11.1 Å². The molecule has 1 atom stereocenters. The molecule has 2 aliphatic heterocycles. The van der Waals surface area contributed by atoms with Gasteiger partial charge < -0.3 is 14.8 Å². The summed E-state index contributed by atoms with van der Waals surface area (Å²) in [4.78, 5) is 1.14. The van der Waals surface area contributed by atoms with Gasteiger partial charge >= 0.3 is 0 Å². The van der Waals surface area contributed by atoms with Crippen molar-refractivity contribution < 1.29 is 9.47 Å². The van der Waals surface area contributed by atoms with Gasteiger partial charge in [-0.15, -0.1) is 11.3 Å². The molecule has 1 aromatic heterocycles. The third-order valence-electron chi connectivity index (χ3n) is 4.44. The first-order chi connectivity index (χ1) is 10.8. The predicted octanol–water partition coefficient (Wildman–Crippen LogP) is 4.07. The van der Waals surface area contributed by atoms with Crippen molar-refractivity contribution in [2.45, 2.75) is 24.7 Å². The highest BCUT2D eigenvalue weighted by atomic mass is 35.5. The van der Waals surface area contributed by atoms with Crippen LogP contribution >= 0.6 is 22.9 Å². The van der Waals surface area contributed by atoms with Crippen LogP contribution in [0.25, 0.3) is 0 Å². The van der Waals surface area contributed by atoms with Crippen LogP contribution in [0.3, 0.4) is 0 Å². The quantitative estimate of drug-likeness (QED) is 0.917. The summed E-state index contributed by atoms with van der Waals surface area (Å²) < 4.78 is 11.2. The fraction of sp³-hybridized carbons (Fsp3) is 0.412. The van der Waals surface area contributed by atoms with Crippen LogP contribution in [0, 0.1) is 0 Å². The van der Waals surface area contributed by atoms with Crippen LogP contribution < -0.4 is 5.32 Å². The van der Waals surface area contributed by atoms with E-state index in [0.717, 1.165) is 29.3 Å². The standard InChI is InChI=1S/C17H18ClNO2S/c18-14-4-1-3-12(9-14)17(5-2-6-19-17)13-10-15(22-11-13)16-20-7-8-21-16/h1,3-4,9-11,16,19H,2,5-8H2. The first-order valence-corrected chi connectivity index (χ1v) is 8.87. The highest BCUT2D eigenvalue weighted by molar-refractivity contribution is 7.10. The summed E-state index contributed by atoms with van der Waals surface area (Å²) in [5.41, 5.74) is 2.37. The second-order valence-electron chi connectivity index (χ2n) is 5.76. The fourth-order valence-corrected chi connectivity index (χ4v) is 4.54. The highest BCUT2D eigenvalue weighted by Gasteiger charge is 2.38. The van der Waals surface area contributed by atoms with Crippen LogP contribution in [0.2, 0.25) is 5.02 Å². The lowest BCUT2D eigenvalue weighted by Crippen LogP contribution is -2.37. The van der Waals surface area contributed by atoms with Crippen molar-refractivity contribution in [2.24, 2.45) is 0 Å². The van der Waals surface area contributed by atoms with Crippen molar-refractivity contribution in [2.75, 3.05) is 19.8 Å². The van der Waals surface area contributed by atoms with Gasteiger partial charge in [0.1, 0.15) is 0 Å². The molecule has 3 nitrogen and oxygen atoms in total. The van der Waals surface area contributed by atoms with Crippen molar-refractivity contribution in [3.8, 4) is 0 Å². The molecule has 4 rings (SSSR count). The van der Waals surface area contributed by atoms with Crippen LogP contribution in [0.4, 0.5) is 0 Å². The van der Waals surface area contributed by atoms with E-state index >= 15 is 0 Å². The Balaban J connectivity index is 1.73. The molecule has 116 valence electrons. The SMILES string of the molecule is Clc1cccc(C2(c3csc(C4OCCO4)c3)CCCN2)c1. The Morgan fingerprint density at radius 2 is 2.05 bits per heavy atom. The topological polar surface area (TPSA) is 30.5 Å². The average molecular weight is 336 g/mol. The molecule has 2 saturated heterocycles. The van der Waals surface area contributed by atoms with Gasteiger partial charge in [0.25, 0.3) is 0 Å². The molecule has 1 unspecified atom stereocenters. The van der Waals surface area contributed by atoms with Gasteiger partial charge in [-0.3, -0.25) is 0 Å². The number of halogens is 1. The van der Waals surface area contributed by atoms with E-state index in [9.17, 15) is 0 Å². The molecule has 0 amide bonds. The Morgan fingerprint density at radius 3 is 2.77 bits per heavy atom. The first-order valence-electron chi connectivity index (χ1n) is 7.61. The number of thiophene rings is 1. The van der Waals surface area contributed by atoms with Crippen LogP contribution in [0.5, 0.6) is 0 Å². The van der Waals surface area contributed by atoms with Gasteiger partial charge in [0.2, 0.25) is 0 Å². The highest BCUT2D eigenvalue weighted by Crippen LogP contribution is 2.42. The lowest BCUT2D eigenvalue weighted by Gasteiger charge is -2.30. The van der Waals surface area contributed by atoms with E-state index in [1.54, 1.807) is 11.3 Å². The van der Waals surface area contributed by atoms with Crippen LogP contribution in [-0.2, 0) is 15.0 Å². The van der Waals surface area contributed by atoms with Gasteiger partial charge in [-0.25, -0.2) is 0 Å². The zero-order valence-corrected chi connectivity index (χ0v) is 13.8. The summed E-state index contributed by atoms with van der Waals surface area (Å²) in [7, 11) is 0. The second kappa shape index (κ2) is 5.95. The molecule has 5 heteroatoms. The Hall–Kier alpha value is -0.910. The molecule has 0 saturated carbocycles. The molecule has 22 heavy (non-hydrogen) atoms. The first kappa shape index (κ1) is 14.7. The Morgan fingerprint density at radius 1 is 1.18 bits per heavy atom. The zero-order valence-electron chi connectivity index (χ0n) is 12.2. The van der Waals surface area contributed by atoms with E-state index in [0.29, 0.717) is 13.2 Å². The second-order valence-corrected chi connectivity index (χ2v) is 7.14. The minimum absolute atomic E-state index is 0.141. The van der Waals surface area contributed by atoms with Gasteiger partial charge in [0.15, 0.2) is 6.29 Å². The average Bonchev–Trinajstić information content (AvgIpc) is 3.27. The predicted molar refractivity (Wildman–Crippen MR) is 88.4 cm³/mol. The Kier molecular flexibility index (Phi) is 3.96. The zero-order chi connectivity index (χ0) is 15.0. The van der Waals surface area contributed by atoms with Crippen LogP contribution in [0.1, 0.15) is 35.1 Å². The molecule has 0 radical (unpaired) electrons. The van der Waals surface area contributed by atoms with Crippen molar-refractivity contribution in [1.82, 2.24) is 5.32 Å². The van der Waals surface area contributed by atoms with Gasteiger partial charge in [-0.05, 0) is 54.1 Å². The number of benzene rings is 1. The number of rotatable bonds is 3. The molecule has 0 bridgehead atoms. The minimum Gasteiger partial charge on any atom is -0.345 e. The van der Waals surface area contributed by atoms with E-state index in [4.69, 9.17) is 21.1 Å². The molecule has 2 aliphatic rings. The van der Waals surface area contributed by atoms with Crippen LogP contribution in [-0.4, -0.2) is 19.8 Å². The molecular weight excluding hydrogens is 318 g/mol. The summed E-state index contributed by atoms with van der Waals surface area (Å²) >= 11 is 7.92. The Bertz CT molecular complexity index is 660. The van der Waals surface area contributed by atoms with E-state index in [2.05, 4.69) is 28.9 Å². The summed E-state index contributed by atoms with van der Waals surface area (Å²) in [5.74, 6) is 0. The number of hydrogen-bond donors (Lipinski definition) is 1. The molecule has 1 aromatic carbocycles. The molecule has 2 aromatic rings. The summed E-state index contributed by atoms with van der Waals surface area (Å²) in [5, 5.41) is 6.70. The fourth-order valence-electron chi connectivity index (χ4n) is 3.38. The van der Waals surface area contributed by atoms with E-state index < -0.39 is 0 Å².